The maximum Gasteiger partial charge on any atom is 0.361 e. The zero-order valence-corrected chi connectivity index (χ0v) is 11.6. The third-order valence-corrected chi connectivity index (χ3v) is 4.47. The SMILES string of the molecule is CCOP(=O)(OCC)c1ccc(Cl)c([N+](=O)[O-])c1. The van der Waals surface area contributed by atoms with Gasteiger partial charge in [0, 0.05) is 6.07 Å². The Labute approximate surface area is 110 Å². The highest BCUT2D eigenvalue weighted by Gasteiger charge is 2.29. The van der Waals surface area contributed by atoms with Gasteiger partial charge < -0.3 is 9.05 Å². The first kappa shape index (κ1) is 15.1. The molecule has 1 rings (SSSR count). The molecule has 0 fully saturated rings. The Balaban J connectivity index is 3.25. The second-order valence-electron chi connectivity index (χ2n) is 3.23. The van der Waals surface area contributed by atoms with Gasteiger partial charge in [-0.25, -0.2) is 0 Å². The summed E-state index contributed by atoms with van der Waals surface area (Å²) in [7, 11) is -3.52. The summed E-state index contributed by atoms with van der Waals surface area (Å²) in [5, 5.41) is 10.9. The predicted molar refractivity (Wildman–Crippen MR) is 68.6 cm³/mol. The van der Waals surface area contributed by atoms with E-state index in [0.29, 0.717) is 0 Å². The van der Waals surface area contributed by atoms with E-state index in [-0.39, 0.29) is 29.2 Å². The van der Waals surface area contributed by atoms with Crippen LogP contribution in [-0.4, -0.2) is 18.1 Å². The van der Waals surface area contributed by atoms with E-state index in [1.807, 2.05) is 0 Å². The summed E-state index contributed by atoms with van der Waals surface area (Å²) >= 11 is 5.68. The zero-order chi connectivity index (χ0) is 13.8. The zero-order valence-electron chi connectivity index (χ0n) is 9.96. The average molecular weight is 294 g/mol. The van der Waals surface area contributed by atoms with Gasteiger partial charge in [0.2, 0.25) is 0 Å². The number of nitro benzene ring substituents is 1. The molecular formula is C10H13ClNO5P. The molecule has 0 N–H and O–H groups in total. The molecule has 0 aliphatic heterocycles. The molecule has 0 unspecified atom stereocenters. The van der Waals surface area contributed by atoms with Crippen LogP contribution in [0, 0.1) is 10.1 Å². The van der Waals surface area contributed by atoms with Crippen LogP contribution in [0.4, 0.5) is 5.69 Å². The van der Waals surface area contributed by atoms with Crippen molar-refractivity contribution in [2.45, 2.75) is 13.8 Å². The van der Waals surface area contributed by atoms with Gasteiger partial charge >= 0.3 is 7.60 Å². The summed E-state index contributed by atoms with van der Waals surface area (Å²) in [6.07, 6.45) is 0. The topological polar surface area (TPSA) is 78.7 Å². The predicted octanol–water partition coefficient (Wildman–Crippen LogP) is 3.14. The highest BCUT2D eigenvalue weighted by atomic mass is 35.5. The molecule has 0 spiro atoms. The molecule has 1 aromatic rings. The molecule has 0 saturated carbocycles. The van der Waals surface area contributed by atoms with Gasteiger partial charge in [0.05, 0.1) is 23.4 Å². The molecule has 0 aromatic heterocycles. The first-order valence-electron chi connectivity index (χ1n) is 5.28. The van der Waals surface area contributed by atoms with Gasteiger partial charge in [0.1, 0.15) is 5.02 Å². The Hall–Kier alpha value is -0.940. The second-order valence-corrected chi connectivity index (χ2v) is 5.66. The summed E-state index contributed by atoms with van der Waals surface area (Å²) in [6, 6.07) is 3.83. The Bertz CT molecular complexity index is 483. The van der Waals surface area contributed by atoms with Crippen LogP contribution in [0.25, 0.3) is 0 Å². The quantitative estimate of drug-likeness (QED) is 0.457. The molecule has 1 aromatic carbocycles. The van der Waals surface area contributed by atoms with Gasteiger partial charge in [0.25, 0.3) is 5.69 Å². The smallest absolute Gasteiger partial charge is 0.305 e. The highest BCUT2D eigenvalue weighted by Crippen LogP contribution is 2.47. The van der Waals surface area contributed by atoms with Gasteiger partial charge in [-0.3, -0.25) is 14.7 Å². The molecule has 0 bridgehead atoms. The van der Waals surface area contributed by atoms with Crippen LogP contribution in [-0.2, 0) is 13.6 Å². The molecular weight excluding hydrogens is 281 g/mol. The second kappa shape index (κ2) is 6.29. The normalized spacial score (nSPS) is 11.5. The summed E-state index contributed by atoms with van der Waals surface area (Å²) in [4.78, 5) is 10.1. The lowest BCUT2D eigenvalue weighted by molar-refractivity contribution is -0.384. The van der Waals surface area contributed by atoms with Crippen molar-refractivity contribution in [1.29, 1.82) is 0 Å². The first-order chi connectivity index (χ1) is 8.44. The van der Waals surface area contributed by atoms with E-state index >= 15 is 0 Å². The number of hydrogen-bond donors (Lipinski definition) is 0. The van der Waals surface area contributed by atoms with Crippen molar-refractivity contribution < 1.29 is 18.5 Å². The van der Waals surface area contributed by atoms with E-state index in [2.05, 4.69) is 0 Å². The molecule has 0 saturated heterocycles. The van der Waals surface area contributed by atoms with Crippen LogP contribution in [0.2, 0.25) is 5.02 Å². The maximum atomic E-state index is 12.4. The molecule has 0 heterocycles. The molecule has 8 heteroatoms. The fourth-order valence-corrected chi connectivity index (χ4v) is 3.11. The van der Waals surface area contributed by atoms with E-state index in [4.69, 9.17) is 20.6 Å². The largest absolute Gasteiger partial charge is 0.361 e. The summed E-state index contributed by atoms with van der Waals surface area (Å²) in [5.41, 5.74) is -0.325. The van der Waals surface area contributed by atoms with E-state index in [1.54, 1.807) is 13.8 Å². The summed E-state index contributed by atoms with van der Waals surface area (Å²) in [5.74, 6) is 0. The number of hydrogen-bond acceptors (Lipinski definition) is 5. The maximum absolute atomic E-state index is 12.4. The average Bonchev–Trinajstić information content (AvgIpc) is 2.29. The molecule has 0 aliphatic rings. The molecule has 0 amide bonds. The minimum absolute atomic E-state index is 0.0247. The van der Waals surface area contributed by atoms with Crippen molar-refractivity contribution in [2.24, 2.45) is 0 Å². The van der Waals surface area contributed by atoms with Crippen LogP contribution in [0.15, 0.2) is 18.2 Å². The van der Waals surface area contributed by atoms with Gasteiger partial charge in [-0.05, 0) is 26.0 Å². The fraction of sp³-hybridized carbons (Fsp3) is 0.400. The molecule has 0 aliphatic carbocycles. The first-order valence-corrected chi connectivity index (χ1v) is 7.20. The number of nitro groups is 1. The minimum atomic E-state index is -3.52. The lowest BCUT2D eigenvalue weighted by atomic mass is 10.3. The van der Waals surface area contributed by atoms with Gasteiger partial charge in [-0.15, -0.1) is 0 Å². The lowest BCUT2D eigenvalue weighted by Crippen LogP contribution is -2.11. The number of rotatable bonds is 6. The molecule has 0 radical (unpaired) electrons. The van der Waals surface area contributed by atoms with Crippen LogP contribution >= 0.6 is 19.2 Å². The van der Waals surface area contributed by atoms with Crippen LogP contribution < -0.4 is 5.30 Å². The number of nitrogens with zero attached hydrogens (tertiary/aromatic N) is 1. The third-order valence-electron chi connectivity index (χ3n) is 2.04. The van der Waals surface area contributed by atoms with E-state index < -0.39 is 12.5 Å². The van der Waals surface area contributed by atoms with Crippen LogP contribution in [0.5, 0.6) is 0 Å². The van der Waals surface area contributed by atoms with E-state index in [1.165, 1.54) is 12.1 Å². The standard InChI is InChI=1S/C10H13ClNO5P/c1-3-16-18(15,17-4-2)8-5-6-9(11)10(7-8)12(13)14/h5-7H,3-4H2,1-2H3. The van der Waals surface area contributed by atoms with Crippen molar-refractivity contribution in [2.75, 3.05) is 13.2 Å². The Morgan fingerprint density at radius 2 is 1.89 bits per heavy atom. The molecule has 0 atom stereocenters. The molecule has 6 nitrogen and oxygen atoms in total. The summed E-state index contributed by atoms with van der Waals surface area (Å²) in [6.45, 7) is 3.67. The van der Waals surface area contributed by atoms with Crippen molar-refractivity contribution in [1.82, 2.24) is 0 Å². The van der Waals surface area contributed by atoms with Gasteiger partial charge in [-0.1, -0.05) is 11.6 Å². The lowest BCUT2D eigenvalue weighted by Gasteiger charge is -2.16. The Kier molecular flexibility index (Phi) is 5.28. The summed E-state index contributed by atoms with van der Waals surface area (Å²) < 4.78 is 22.6. The van der Waals surface area contributed by atoms with Crippen LogP contribution in [0.3, 0.4) is 0 Å². The third kappa shape index (κ3) is 3.29. The minimum Gasteiger partial charge on any atom is -0.305 e. The van der Waals surface area contributed by atoms with Crippen molar-refractivity contribution >= 4 is 30.2 Å². The van der Waals surface area contributed by atoms with E-state index in [9.17, 15) is 14.7 Å². The fourth-order valence-electron chi connectivity index (χ4n) is 1.34. The Morgan fingerprint density at radius 3 is 2.33 bits per heavy atom. The Morgan fingerprint density at radius 1 is 1.33 bits per heavy atom. The monoisotopic (exact) mass is 293 g/mol. The number of halogens is 1. The van der Waals surface area contributed by atoms with Gasteiger partial charge in [-0.2, -0.15) is 0 Å². The highest BCUT2D eigenvalue weighted by molar-refractivity contribution is 7.62. The van der Waals surface area contributed by atoms with E-state index in [0.717, 1.165) is 6.07 Å². The number of benzene rings is 1. The molecule has 18 heavy (non-hydrogen) atoms. The van der Waals surface area contributed by atoms with Crippen LogP contribution in [0.1, 0.15) is 13.8 Å². The van der Waals surface area contributed by atoms with Crippen molar-refractivity contribution in [3.8, 4) is 0 Å². The van der Waals surface area contributed by atoms with Gasteiger partial charge in [0.15, 0.2) is 0 Å². The van der Waals surface area contributed by atoms with Crippen molar-refractivity contribution in [3.05, 3.63) is 33.3 Å². The van der Waals surface area contributed by atoms with Crippen molar-refractivity contribution in [3.63, 3.8) is 0 Å². The molecule has 100 valence electrons.